The van der Waals surface area contributed by atoms with Gasteiger partial charge in [0.05, 0.1) is 22.7 Å². The molecule has 8 heteroatoms. The topological polar surface area (TPSA) is 98.8 Å². The Labute approximate surface area is 151 Å². The second kappa shape index (κ2) is 6.95. The van der Waals surface area contributed by atoms with E-state index in [0.717, 1.165) is 36.1 Å². The van der Waals surface area contributed by atoms with Crippen LogP contribution in [0.25, 0.3) is 11.0 Å². The molecule has 2 N–H and O–H groups in total. The number of aromatic nitrogens is 2. The minimum absolute atomic E-state index is 0.00763. The standard InChI is InChI=1S/C18H24N4O4/c1-18(2,3)26-22(11-23)13-6-7-21(10-13)12-4-5-14-15(8-12)20-16(19-14)9-17(24)25/h4-5,8,11,13H,6-7,9-10H2,1-3H3,(H,19,20)(H,24,25). The van der Waals surface area contributed by atoms with Gasteiger partial charge in [0, 0.05) is 18.8 Å². The van der Waals surface area contributed by atoms with E-state index in [1.54, 1.807) is 0 Å². The predicted octanol–water partition coefficient (Wildman–Crippen LogP) is 1.96. The minimum atomic E-state index is -0.917. The van der Waals surface area contributed by atoms with Gasteiger partial charge in [0.1, 0.15) is 12.2 Å². The molecule has 1 aromatic heterocycles. The average Bonchev–Trinajstić information content (AvgIpc) is 3.16. The maximum absolute atomic E-state index is 11.4. The molecule has 8 nitrogen and oxygen atoms in total. The van der Waals surface area contributed by atoms with Crippen molar-refractivity contribution in [2.45, 2.75) is 45.3 Å². The average molecular weight is 360 g/mol. The lowest BCUT2D eigenvalue weighted by molar-refractivity contribution is -0.229. The summed E-state index contributed by atoms with van der Waals surface area (Å²) in [5.74, 6) is -0.478. The van der Waals surface area contributed by atoms with Gasteiger partial charge in [-0.15, -0.1) is 0 Å². The predicted molar refractivity (Wildman–Crippen MR) is 96.8 cm³/mol. The van der Waals surface area contributed by atoms with Crippen LogP contribution < -0.4 is 4.90 Å². The number of carboxylic acid groups (broad SMARTS) is 1. The van der Waals surface area contributed by atoms with Crippen LogP contribution in [0.4, 0.5) is 5.69 Å². The highest BCUT2D eigenvalue weighted by Gasteiger charge is 2.30. The summed E-state index contributed by atoms with van der Waals surface area (Å²) in [5.41, 5.74) is 2.13. The molecule has 2 heterocycles. The quantitative estimate of drug-likeness (QED) is 0.603. The normalized spacial score (nSPS) is 17.7. The number of hydrogen-bond acceptors (Lipinski definition) is 5. The minimum Gasteiger partial charge on any atom is -0.481 e. The van der Waals surface area contributed by atoms with Crippen molar-refractivity contribution < 1.29 is 19.5 Å². The fraction of sp³-hybridized carbons (Fsp3) is 0.500. The lowest BCUT2D eigenvalue weighted by Crippen LogP contribution is -2.41. The SMILES string of the molecule is CC(C)(C)ON(C=O)C1CCN(c2ccc3nc(CC(=O)O)[nH]c3c2)C1. The third-order valence-corrected chi connectivity index (χ3v) is 4.20. The Kier molecular flexibility index (Phi) is 4.86. The van der Waals surface area contributed by atoms with Crippen molar-refractivity contribution in [3.63, 3.8) is 0 Å². The number of H-pyrrole nitrogens is 1. The van der Waals surface area contributed by atoms with Crippen LogP contribution in [0.15, 0.2) is 18.2 Å². The number of anilines is 1. The van der Waals surface area contributed by atoms with Crippen LogP contribution in [0.2, 0.25) is 0 Å². The Hall–Kier alpha value is -2.61. The van der Waals surface area contributed by atoms with Crippen LogP contribution in [0.3, 0.4) is 0 Å². The van der Waals surface area contributed by atoms with Crippen LogP contribution >= 0.6 is 0 Å². The van der Waals surface area contributed by atoms with Crippen molar-refractivity contribution in [2.24, 2.45) is 0 Å². The number of hydrogen-bond donors (Lipinski definition) is 2. The molecule has 1 fully saturated rings. The second-order valence-corrected chi connectivity index (χ2v) is 7.51. The number of benzene rings is 1. The molecular weight excluding hydrogens is 336 g/mol. The highest BCUT2D eigenvalue weighted by atomic mass is 16.7. The van der Waals surface area contributed by atoms with Gasteiger partial charge in [0.25, 0.3) is 0 Å². The number of imidazole rings is 1. The molecule has 0 bridgehead atoms. The van der Waals surface area contributed by atoms with Gasteiger partial charge in [-0.1, -0.05) is 0 Å². The number of aromatic amines is 1. The number of fused-ring (bicyclic) bond motifs is 1. The number of aliphatic carboxylic acids is 1. The molecule has 0 spiro atoms. The number of carboxylic acids is 1. The maximum Gasteiger partial charge on any atom is 0.311 e. The van der Waals surface area contributed by atoms with Crippen LogP contribution in [-0.4, -0.2) is 57.2 Å². The first-order valence-corrected chi connectivity index (χ1v) is 8.63. The Morgan fingerprint density at radius 1 is 1.50 bits per heavy atom. The van der Waals surface area contributed by atoms with E-state index < -0.39 is 11.6 Å². The molecule has 0 aliphatic carbocycles. The van der Waals surface area contributed by atoms with Gasteiger partial charge in [0.2, 0.25) is 6.41 Å². The van der Waals surface area contributed by atoms with Crippen LogP contribution in [0.1, 0.15) is 33.0 Å². The molecule has 1 aliphatic heterocycles. The van der Waals surface area contributed by atoms with Crippen LogP contribution in [-0.2, 0) is 20.8 Å². The molecule has 1 unspecified atom stereocenters. The van der Waals surface area contributed by atoms with E-state index in [1.807, 2.05) is 39.0 Å². The summed E-state index contributed by atoms with van der Waals surface area (Å²) in [5, 5.41) is 10.3. The van der Waals surface area contributed by atoms with Crippen molar-refractivity contribution in [1.29, 1.82) is 0 Å². The molecule has 1 saturated heterocycles. The number of nitrogens with zero attached hydrogens (tertiary/aromatic N) is 3. The summed E-state index contributed by atoms with van der Waals surface area (Å²) < 4.78 is 0. The van der Waals surface area contributed by atoms with Gasteiger partial charge in [0.15, 0.2) is 0 Å². The smallest absolute Gasteiger partial charge is 0.311 e. The largest absolute Gasteiger partial charge is 0.481 e. The molecular formula is C18H24N4O4. The Bertz CT molecular complexity index is 811. The molecule has 0 radical (unpaired) electrons. The van der Waals surface area contributed by atoms with Crippen LogP contribution in [0.5, 0.6) is 0 Å². The van der Waals surface area contributed by atoms with E-state index in [9.17, 15) is 9.59 Å². The van der Waals surface area contributed by atoms with Gasteiger partial charge < -0.3 is 15.0 Å². The van der Waals surface area contributed by atoms with E-state index in [-0.39, 0.29) is 12.5 Å². The molecule has 26 heavy (non-hydrogen) atoms. The molecule has 0 saturated carbocycles. The summed E-state index contributed by atoms with van der Waals surface area (Å²) in [6, 6.07) is 5.80. The maximum atomic E-state index is 11.4. The van der Waals surface area contributed by atoms with Crippen molar-refractivity contribution >= 4 is 29.1 Å². The number of carbonyl (C=O) groups is 2. The Morgan fingerprint density at radius 2 is 2.27 bits per heavy atom. The second-order valence-electron chi connectivity index (χ2n) is 7.51. The van der Waals surface area contributed by atoms with E-state index in [4.69, 9.17) is 9.94 Å². The first-order valence-electron chi connectivity index (χ1n) is 8.63. The third-order valence-electron chi connectivity index (χ3n) is 4.20. The van der Waals surface area contributed by atoms with Gasteiger partial charge in [-0.05, 0) is 45.4 Å². The zero-order valence-corrected chi connectivity index (χ0v) is 15.2. The number of amides is 1. The molecule has 140 valence electrons. The van der Waals surface area contributed by atoms with Crippen LogP contribution in [0, 0.1) is 0 Å². The van der Waals surface area contributed by atoms with E-state index in [1.165, 1.54) is 5.06 Å². The van der Waals surface area contributed by atoms with E-state index >= 15 is 0 Å². The molecule has 2 aromatic rings. The summed E-state index contributed by atoms with van der Waals surface area (Å²) in [7, 11) is 0. The highest BCUT2D eigenvalue weighted by Crippen LogP contribution is 2.27. The lowest BCUT2D eigenvalue weighted by atomic mass is 10.2. The Balaban J connectivity index is 1.73. The molecule has 1 aromatic carbocycles. The molecule has 1 aliphatic rings. The first kappa shape index (κ1) is 18.2. The first-order chi connectivity index (χ1) is 12.2. The molecule has 3 rings (SSSR count). The number of rotatable bonds is 6. The number of carbonyl (C=O) groups excluding carboxylic acids is 1. The van der Waals surface area contributed by atoms with Crippen molar-refractivity contribution in [2.75, 3.05) is 18.0 Å². The summed E-state index contributed by atoms with van der Waals surface area (Å²) >= 11 is 0. The summed E-state index contributed by atoms with van der Waals surface area (Å²) in [6.45, 7) is 7.23. The molecule has 1 atom stereocenters. The summed E-state index contributed by atoms with van der Waals surface area (Å²) in [6.07, 6.45) is 1.43. The van der Waals surface area contributed by atoms with Crippen molar-refractivity contribution in [1.82, 2.24) is 15.0 Å². The summed E-state index contributed by atoms with van der Waals surface area (Å²) in [4.78, 5) is 37.5. The van der Waals surface area contributed by atoms with E-state index in [2.05, 4.69) is 14.9 Å². The molecule has 1 amide bonds. The van der Waals surface area contributed by atoms with Gasteiger partial charge in [-0.2, -0.15) is 0 Å². The van der Waals surface area contributed by atoms with Gasteiger partial charge >= 0.3 is 5.97 Å². The number of hydroxylamine groups is 2. The zero-order chi connectivity index (χ0) is 18.9. The highest BCUT2D eigenvalue weighted by molar-refractivity contribution is 5.81. The van der Waals surface area contributed by atoms with Crippen molar-refractivity contribution in [3.05, 3.63) is 24.0 Å². The lowest BCUT2D eigenvalue weighted by Gasteiger charge is -2.31. The number of nitrogens with one attached hydrogen (secondary N) is 1. The fourth-order valence-electron chi connectivity index (χ4n) is 3.16. The van der Waals surface area contributed by atoms with Crippen molar-refractivity contribution in [3.8, 4) is 0 Å². The zero-order valence-electron chi connectivity index (χ0n) is 15.2. The fourth-order valence-corrected chi connectivity index (χ4v) is 3.16. The van der Waals surface area contributed by atoms with Gasteiger partial charge in [-0.25, -0.2) is 10.0 Å². The van der Waals surface area contributed by atoms with E-state index in [0.29, 0.717) is 12.4 Å². The Morgan fingerprint density at radius 3 is 2.92 bits per heavy atom. The monoisotopic (exact) mass is 360 g/mol. The van der Waals surface area contributed by atoms with Gasteiger partial charge in [-0.3, -0.25) is 14.4 Å². The third kappa shape index (κ3) is 4.13.